The van der Waals surface area contributed by atoms with E-state index in [4.69, 9.17) is 20.6 Å². The Bertz CT molecular complexity index is 849. The van der Waals surface area contributed by atoms with Gasteiger partial charge in [0, 0.05) is 24.6 Å². The molecule has 1 aliphatic carbocycles. The Kier molecular flexibility index (Phi) is 5.77. The lowest BCUT2D eigenvalue weighted by Gasteiger charge is -2.13. The fourth-order valence-corrected chi connectivity index (χ4v) is 2.72. The van der Waals surface area contributed by atoms with Gasteiger partial charge in [-0.2, -0.15) is 0 Å². The smallest absolute Gasteiger partial charge is 0.469 e. The number of carbonyl (C=O) groups is 1. The molecule has 0 aliphatic heterocycles. The van der Waals surface area contributed by atoms with Crippen molar-refractivity contribution in [1.82, 2.24) is 4.98 Å². The zero-order valence-corrected chi connectivity index (χ0v) is 14.5. The summed E-state index contributed by atoms with van der Waals surface area (Å²) in [7, 11) is -4.79. The highest BCUT2D eigenvalue weighted by Crippen LogP contribution is 2.38. The summed E-state index contributed by atoms with van der Waals surface area (Å²) in [6.07, 6.45) is 0.708. The molecule has 1 heterocycles. The van der Waals surface area contributed by atoms with E-state index in [1.807, 2.05) is 0 Å². The SMILES string of the molecule is Cc1ncc(COP(=O)(O)O)c(C(N)=NC2=C(F)C[C@H](C(=O)O)C2)c1O. The molecule has 1 aliphatic rings. The molecule has 12 heteroatoms. The van der Waals surface area contributed by atoms with Gasteiger partial charge in [0.2, 0.25) is 0 Å². The Balaban J connectivity index is 2.40. The zero-order valence-electron chi connectivity index (χ0n) is 13.6. The highest BCUT2D eigenvalue weighted by atomic mass is 31.2. The highest BCUT2D eigenvalue weighted by Gasteiger charge is 2.30. The molecule has 0 unspecified atom stereocenters. The van der Waals surface area contributed by atoms with Gasteiger partial charge in [-0.3, -0.25) is 14.3 Å². The van der Waals surface area contributed by atoms with Crippen LogP contribution in [0, 0.1) is 12.8 Å². The topological polar surface area (TPSA) is 176 Å². The summed E-state index contributed by atoms with van der Waals surface area (Å²) in [5.74, 6) is -3.60. The van der Waals surface area contributed by atoms with E-state index < -0.39 is 37.9 Å². The minimum absolute atomic E-state index is 0.0199. The number of pyridine rings is 1. The number of nitrogens with two attached hydrogens (primary N) is 1. The van der Waals surface area contributed by atoms with Crippen LogP contribution in [-0.4, -0.2) is 36.8 Å². The van der Waals surface area contributed by atoms with Gasteiger partial charge in [0.15, 0.2) is 0 Å². The Hall–Kier alpha value is -2.33. The van der Waals surface area contributed by atoms with E-state index in [0.717, 1.165) is 0 Å². The summed E-state index contributed by atoms with van der Waals surface area (Å²) in [5, 5.41) is 19.1. The number of aryl methyl sites for hydroxylation is 1. The second-order valence-corrected chi connectivity index (χ2v) is 6.89. The van der Waals surface area contributed by atoms with Crippen molar-refractivity contribution in [3.8, 4) is 5.75 Å². The third-order valence-corrected chi connectivity index (χ3v) is 4.21. The molecule has 6 N–H and O–H groups in total. The number of amidine groups is 1. The number of carboxylic acid groups (broad SMARTS) is 1. The van der Waals surface area contributed by atoms with Crippen LogP contribution in [0.15, 0.2) is 22.7 Å². The summed E-state index contributed by atoms with van der Waals surface area (Å²) < 4.78 is 29.2. The predicted molar refractivity (Wildman–Crippen MR) is 86.7 cm³/mol. The summed E-state index contributed by atoms with van der Waals surface area (Å²) in [5.41, 5.74) is 5.73. The van der Waals surface area contributed by atoms with Crippen LogP contribution < -0.4 is 5.73 Å². The van der Waals surface area contributed by atoms with Gasteiger partial charge in [-0.1, -0.05) is 0 Å². The van der Waals surface area contributed by atoms with Gasteiger partial charge in [0.25, 0.3) is 0 Å². The summed E-state index contributed by atoms with van der Waals surface area (Å²) >= 11 is 0. The average Bonchev–Trinajstić information content (AvgIpc) is 2.88. The first-order chi connectivity index (χ1) is 12.0. The van der Waals surface area contributed by atoms with Crippen molar-refractivity contribution in [1.29, 1.82) is 0 Å². The number of aliphatic imine (C=N–C) groups is 1. The molecule has 10 nitrogen and oxygen atoms in total. The summed E-state index contributed by atoms with van der Waals surface area (Å²) in [6, 6.07) is 0. The first-order valence-corrected chi connectivity index (χ1v) is 8.85. The quantitative estimate of drug-likeness (QED) is 0.271. The molecule has 0 aromatic carbocycles. The first-order valence-electron chi connectivity index (χ1n) is 7.32. The minimum Gasteiger partial charge on any atom is -0.505 e. The number of aromatic hydroxyl groups is 1. The molecular formula is C14H17FN3O7P. The number of halogens is 1. The molecule has 26 heavy (non-hydrogen) atoms. The Morgan fingerprint density at radius 2 is 2.15 bits per heavy atom. The Morgan fingerprint density at radius 1 is 1.50 bits per heavy atom. The van der Waals surface area contributed by atoms with Gasteiger partial charge in [-0.25, -0.2) is 13.9 Å². The first kappa shape index (κ1) is 20.0. The van der Waals surface area contributed by atoms with Crippen LogP contribution in [-0.2, 0) is 20.5 Å². The number of hydrogen-bond donors (Lipinski definition) is 5. The number of phosphoric acid groups is 1. The Morgan fingerprint density at radius 3 is 2.69 bits per heavy atom. The van der Waals surface area contributed by atoms with Crippen LogP contribution in [0.2, 0.25) is 0 Å². The second-order valence-electron chi connectivity index (χ2n) is 5.65. The van der Waals surface area contributed by atoms with Crippen LogP contribution in [0.1, 0.15) is 29.7 Å². The van der Waals surface area contributed by atoms with Crippen LogP contribution in [0.5, 0.6) is 5.75 Å². The molecule has 0 fully saturated rings. The molecule has 0 saturated heterocycles. The monoisotopic (exact) mass is 389 g/mol. The number of aromatic nitrogens is 1. The predicted octanol–water partition coefficient (Wildman–Crippen LogP) is 1.09. The molecule has 0 bridgehead atoms. The number of nitrogens with zero attached hydrogens (tertiary/aromatic N) is 2. The molecule has 0 saturated carbocycles. The van der Waals surface area contributed by atoms with Crippen molar-refractivity contribution >= 4 is 19.6 Å². The van der Waals surface area contributed by atoms with Crippen molar-refractivity contribution in [2.75, 3.05) is 0 Å². The van der Waals surface area contributed by atoms with Crippen molar-refractivity contribution in [2.45, 2.75) is 26.4 Å². The van der Waals surface area contributed by atoms with Crippen molar-refractivity contribution in [2.24, 2.45) is 16.6 Å². The van der Waals surface area contributed by atoms with Gasteiger partial charge < -0.3 is 25.7 Å². The standard InChI is InChI=1S/C14H17FN3O7P/c1-6-12(19)11(8(4-17-6)5-25-26(22,23)24)13(16)18-10-3-7(14(20)21)2-9(10)15/h4,7,19H,2-3,5H2,1H3,(H2,16,18)(H,20,21)(H2,22,23,24)/t7-/m0/s1. The van der Waals surface area contributed by atoms with Crippen LogP contribution in [0.3, 0.4) is 0 Å². The lowest BCUT2D eigenvalue weighted by atomic mass is 10.1. The van der Waals surface area contributed by atoms with E-state index in [1.54, 1.807) is 0 Å². The molecule has 0 spiro atoms. The maximum atomic E-state index is 13.9. The molecule has 2 rings (SSSR count). The number of hydrogen-bond acceptors (Lipinski definition) is 6. The molecule has 142 valence electrons. The number of aliphatic carboxylic acids is 1. The fourth-order valence-electron chi connectivity index (χ4n) is 2.41. The molecule has 0 amide bonds. The average molecular weight is 389 g/mol. The van der Waals surface area contributed by atoms with Gasteiger partial charge in [0.1, 0.15) is 17.4 Å². The van der Waals surface area contributed by atoms with Crippen molar-refractivity contribution in [3.05, 3.63) is 34.5 Å². The van der Waals surface area contributed by atoms with E-state index in [2.05, 4.69) is 14.5 Å². The third-order valence-electron chi connectivity index (χ3n) is 3.74. The Labute approximate surface area is 147 Å². The number of carboxylic acids is 1. The molecule has 1 aromatic rings. The minimum atomic E-state index is -4.79. The summed E-state index contributed by atoms with van der Waals surface area (Å²) in [4.78, 5) is 36.3. The normalized spacial score (nSPS) is 18.5. The van der Waals surface area contributed by atoms with Gasteiger partial charge >= 0.3 is 13.8 Å². The van der Waals surface area contributed by atoms with Gasteiger partial charge in [-0.05, 0) is 6.92 Å². The van der Waals surface area contributed by atoms with E-state index in [0.29, 0.717) is 0 Å². The van der Waals surface area contributed by atoms with E-state index >= 15 is 0 Å². The molecular weight excluding hydrogens is 372 g/mol. The van der Waals surface area contributed by atoms with Gasteiger partial charge in [-0.15, -0.1) is 0 Å². The second kappa shape index (κ2) is 7.50. The third kappa shape index (κ3) is 4.64. The number of rotatable bonds is 6. The molecule has 1 atom stereocenters. The maximum Gasteiger partial charge on any atom is 0.469 e. The van der Waals surface area contributed by atoms with Crippen LogP contribution >= 0.6 is 7.82 Å². The lowest BCUT2D eigenvalue weighted by Crippen LogP contribution is -2.18. The zero-order chi connectivity index (χ0) is 19.6. The molecule has 1 aromatic heterocycles. The van der Waals surface area contributed by atoms with Crippen molar-refractivity contribution < 1.29 is 38.3 Å². The van der Waals surface area contributed by atoms with Crippen LogP contribution in [0.4, 0.5) is 4.39 Å². The number of allylic oxidation sites excluding steroid dienone is 2. The highest BCUT2D eigenvalue weighted by molar-refractivity contribution is 7.46. The van der Waals surface area contributed by atoms with Crippen molar-refractivity contribution in [3.63, 3.8) is 0 Å². The lowest BCUT2D eigenvalue weighted by molar-refractivity contribution is -0.141. The summed E-state index contributed by atoms with van der Waals surface area (Å²) in [6.45, 7) is 0.825. The number of phosphoric ester groups is 1. The van der Waals surface area contributed by atoms with Crippen LogP contribution in [0.25, 0.3) is 0 Å². The molecule has 0 radical (unpaired) electrons. The van der Waals surface area contributed by atoms with E-state index in [9.17, 15) is 18.9 Å². The maximum absolute atomic E-state index is 13.9. The van der Waals surface area contributed by atoms with E-state index in [-0.39, 0.29) is 41.2 Å². The van der Waals surface area contributed by atoms with E-state index in [1.165, 1.54) is 13.1 Å². The fraction of sp³-hybridized carbons (Fsp3) is 0.357. The van der Waals surface area contributed by atoms with Gasteiger partial charge in [0.05, 0.1) is 29.5 Å². The largest absolute Gasteiger partial charge is 0.505 e.